The quantitative estimate of drug-likeness (QED) is 0.844. The Hall–Kier alpha value is -1.78. The van der Waals surface area contributed by atoms with E-state index in [9.17, 15) is 9.59 Å². The molecular formula is C12H19N3O2. The van der Waals surface area contributed by atoms with Crippen LogP contribution in [0.2, 0.25) is 0 Å². The SMILES string of the molecule is CCN(CC)C(=O)[C@H](C)n1ccc(=O)c(N)c1. The second-order valence-corrected chi connectivity index (χ2v) is 3.90. The largest absolute Gasteiger partial charge is 0.394 e. The van der Waals surface area contributed by atoms with Crippen molar-refractivity contribution in [3.8, 4) is 0 Å². The van der Waals surface area contributed by atoms with Gasteiger partial charge in [0.15, 0.2) is 0 Å². The number of nitrogens with zero attached hydrogens (tertiary/aromatic N) is 2. The van der Waals surface area contributed by atoms with Crippen molar-refractivity contribution in [3.05, 3.63) is 28.7 Å². The van der Waals surface area contributed by atoms with E-state index < -0.39 is 0 Å². The van der Waals surface area contributed by atoms with Crippen molar-refractivity contribution in [2.45, 2.75) is 26.8 Å². The van der Waals surface area contributed by atoms with Gasteiger partial charge in [0.05, 0.1) is 5.69 Å². The van der Waals surface area contributed by atoms with E-state index in [0.29, 0.717) is 13.1 Å². The molecule has 1 rings (SSSR count). The highest BCUT2D eigenvalue weighted by atomic mass is 16.2. The van der Waals surface area contributed by atoms with E-state index in [0.717, 1.165) is 0 Å². The normalized spacial score (nSPS) is 12.2. The molecule has 1 aromatic heterocycles. The van der Waals surface area contributed by atoms with Crippen LogP contribution >= 0.6 is 0 Å². The monoisotopic (exact) mass is 237 g/mol. The van der Waals surface area contributed by atoms with E-state index in [1.165, 1.54) is 12.3 Å². The van der Waals surface area contributed by atoms with Crippen molar-refractivity contribution in [3.63, 3.8) is 0 Å². The number of hydrogen-bond acceptors (Lipinski definition) is 3. The Bertz CT molecular complexity index is 449. The zero-order valence-electron chi connectivity index (χ0n) is 10.5. The Kier molecular flexibility index (Phi) is 4.31. The molecule has 0 fully saturated rings. The topological polar surface area (TPSA) is 68.3 Å². The van der Waals surface area contributed by atoms with E-state index in [1.54, 1.807) is 22.6 Å². The van der Waals surface area contributed by atoms with Gasteiger partial charge >= 0.3 is 0 Å². The van der Waals surface area contributed by atoms with Crippen molar-refractivity contribution < 1.29 is 4.79 Å². The number of anilines is 1. The van der Waals surface area contributed by atoms with Crippen molar-refractivity contribution in [2.75, 3.05) is 18.8 Å². The summed E-state index contributed by atoms with van der Waals surface area (Å²) in [4.78, 5) is 25.0. The molecule has 17 heavy (non-hydrogen) atoms. The molecular weight excluding hydrogens is 218 g/mol. The summed E-state index contributed by atoms with van der Waals surface area (Å²) in [6.45, 7) is 7.02. The molecule has 0 bridgehead atoms. The summed E-state index contributed by atoms with van der Waals surface area (Å²) in [5, 5.41) is 0. The van der Waals surface area contributed by atoms with Crippen LogP contribution in [-0.4, -0.2) is 28.5 Å². The van der Waals surface area contributed by atoms with Gasteiger partial charge in [0, 0.05) is 31.5 Å². The Morgan fingerprint density at radius 1 is 1.47 bits per heavy atom. The average Bonchev–Trinajstić information content (AvgIpc) is 2.33. The maximum atomic E-state index is 12.1. The lowest BCUT2D eigenvalue weighted by atomic mass is 10.2. The first-order valence-electron chi connectivity index (χ1n) is 5.77. The van der Waals surface area contributed by atoms with Gasteiger partial charge in [-0.2, -0.15) is 0 Å². The van der Waals surface area contributed by atoms with Gasteiger partial charge in [-0.15, -0.1) is 0 Å². The Morgan fingerprint density at radius 2 is 2.06 bits per heavy atom. The van der Waals surface area contributed by atoms with Crippen LogP contribution in [0.5, 0.6) is 0 Å². The molecule has 0 aliphatic rings. The van der Waals surface area contributed by atoms with E-state index >= 15 is 0 Å². The van der Waals surface area contributed by atoms with Crippen molar-refractivity contribution in [1.82, 2.24) is 9.47 Å². The third-order valence-corrected chi connectivity index (χ3v) is 2.85. The van der Waals surface area contributed by atoms with Gasteiger partial charge in [-0.05, 0) is 20.8 Å². The predicted molar refractivity (Wildman–Crippen MR) is 67.8 cm³/mol. The number of amides is 1. The molecule has 0 aliphatic carbocycles. The van der Waals surface area contributed by atoms with Crippen molar-refractivity contribution >= 4 is 11.6 Å². The summed E-state index contributed by atoms with van der Waals surface area (Å²) in [6, 6.07) is 1.03. The van der Waals surface area contributed by atoms with Crippen molar-refractivity contribution in [1.29, 1.82) is 0 Å². The Morgan fingerprint density at radius 3 is 2.53 bits per heavy atom. The molecule has 5 nitrogen and oxygen atoms in total. The molecule has 1 amide bonds. The van der Waals surface area contributed by atoms with Gasteiger partial charge in [0.1, 0.15) is 6.04 Å². The van der Waals surface area contributed by atoms with Gasteiger partial charge in [-0.3, -0.25) is 9.59 Å². The van der Waals surface area contributed by atoms with Crippen LogP contribution in [0.3, 0.4) is 0 Å². The van der Waals surface area contributed by atoms with Crippen LogP contribution in [-0.2, 0) is 4.79 Å². The number of likely N-dealkylation sites (N-methyl/N-ethyl adjacent to an activating group) is 1. The molecule has 0 saturated heterocycles. The standard InChI is InChI=1S/C12H19N3O2/c1-4-14(5-2)12(17)9(3)15-7-6-11(16)10(13)8-15/h6-9H,4-5,13H2,1-3H3/t9-/m0/s1. The molecule has 0 saturated carbocycles. The maximum Gasteiger partial charge on any atom is 0.245 e. The molecule has 1 heterocycles. The highest BCUT2D eigenvalue weighted by Crippen LogP contribution is 2.10. The fourth-order valence-corrected chi connectivity index (χ4v) is 1.69. The van der Waals surface area contributed by atoms with Gasteiger partial charge in [0.2, 0.25) is 11.3 Å². The lowest BCUT2D eigenvalue weighted by Gasteiger charge is -2.24. The molecule has 0 aromatic carbocycles. The molecule has 94 valence electrons. The smallest absolute Gasteiger partial charge is 0.245 e. The van der Waals surface area contributed by atoms with Gasteiger partial charge in [-0.1, -0.05) is 0 Å². The number of pyridine rings is 1. The van der Waals surface area contributed by atoms with Gasteiger partial charge in [0.25, 0.3) is 0 Å². The second-order valence-electron chi connectivity index (χ2n) is 3.90. The first-order valence-corrected chi connectivity index (χ1v) is 5.77. The summed E-state index contributed by atoms with van der Waals surface area (Å²) in [6.07, 6.45) is 3.10. The number of nitrogen functional groups attached to an aromatic ring is 1. The van der Waals surface area contributed by atoms with E-state index in [1.807, 2.05) is 13.8 Å². The molecule has 0 spiro atoms. The minimum atomic E-state index is -0.349. The summed E-state index contributed by atoms with van der Waals surface area (Å²) >= 11 is 0. The Labute approximate surface area is 101 Å². The number of carbonyl (C=O) groups is 1. The fourth-order valence-electron chi connectivity index (χ4n) is 1.69. The molecule has 0 unspecified atom stereocenters. The molecule has 0 radical (unpaired) electrons. The average molecular weight is 237 g/mol. The number of rotatable bonds is 4. The summed E-state index contributed by atoms with van der Waals surface area (Å²) in [7, 11) is 0. The van der Waals surface area contributed by atoms with Crippen LogP contribution in [0.1, 0.15) is 26.8 Å². The van der Waals surface area contributed by atoms with E-state index in [-0.39, 0.29) is 23.1 Å². The fraction of sp³-hybridized carbons (Fsp3) is 0.500. The van der Waals surface area contributed by atoms with Crippen LogP contribution in [0.25, 0.3) is 0 Å². The maximum absolute atomic E-state index is 12.1. The van der Waals surface area contributed by atoms with Crippen LogP contribution in [0.4, 0.5) is 5.69 Å². The minimum Gasteiger partial charge on any atom is -0.394 e. The third kappa shape index (κ3) is 2.87. The zero-order valence-corrected chi connectivity index (χ0v) is 10.5. The lowest BCUT2D eigenvalue weighted by Crippen LogP contribution is -2.36. The zero-order chi connectivity index (χ0) is 13.0. The lowest BCUT2D eigenvalue weighted by molar-refractivity contribution is -0.133. The number of nitrogens with two attached hydrogens (primary N) is 1. The highest BCUT2D eigenvalue weighted by Gasteiger charge is 2.18. The molecule has 1 atom stereocenters. The number of hydrogen-bond donors (Lipinski definition) is 1. The number of aromatic nitrogens is 1. The van der Waals surface area contributed by atoms with E-state index in [2.05, 4.69) is 0 Å². The Balaban J connectivity index is 2.95. The van der Waals surface area contributed by atoms with Crippen LogP contribution < -0.4 is 11.2 Å². The van der Waals surface area contributed by atoms with Crippen LogP contribution in [0.15, 0.2) is 23.3 Å². The molecule has 1 aromatic rings. The van der Waals surface area contributed by atoms with Crippen LogP contribution in [0, 0.1) is 0 Å². The summed E-state index contributed by atoms with van der Waals surface area (Å²) in [5.41, 5.74) is 5.48. The van der Waals surface area contributed by atoms with E-state index in [4.69, 9.17) is 5.73 Å². The third-order valence-electron chi connectivity index (χ3n) is 2.85. The summed E-state index contributed by atoms with van der Waals surface area (Å²) < 4.78 is 1.66. The molecule has 2 N–H and O–H groups in total. The van der Waals surface area contributed by atoms with Gasteiger partial charge in [-0.25, -0.2) is 0 Å². The first kappa shape index (κ1) is 13.3. The van der Waals surface area contributed by atoms with Crippen molar-refractivity contribution in [2.24, 2.45) is 0 Å². The molecule has 5 heteroatoms. The molecule has 0 aliphatic heterocycles. The predicted octanol–water partition coefficient (Wildman–Crippen LogP) is 0.860. The van der Waals surface area contributed by atoms with Gasteiger partial charge < -0.3 is 15.2 Å². The summed E-state index contributed by atoms with van der Waals surface area (Å²) in [5.74, 6) is 0.0260. The second kappa shape index (κ2) is 5.52. The first-order chi connectivity index (χ1) is 8.01. The highest BCUT2D eigenvalue weighted by molar-refractivity contribution is 5.80. The minimum absolute atomic E-state index is 0.0260. The number of carbonyl (C=O) groups excluding carboxylic acids is 1.